The Hall–Kier alpha value is -0.940. The van der Waals surface area contributed by atoms with Crippen LogP contribution in [-0.2, 0) is 14.3 Å². The average molecular weight is 232 g/mol. The van der Waals surface area contributed by atoms with Crippen molar-refractivity contribution < 1.29 is 17.0 Å². The van der Waals surface area contributed by atoms with Gasteiger partial charge in [-0.15, -0.1) is 0 Å². The van der Waals surface area contributed by atoms with Crippen molar-refractivity contribution in [2.45, 2.75) is 5.92 Å². The third kappa shape index (κ3) is 4.40. The van der Waals surface area contributed by atoms with Gasteiger partial charge >= 0.3 is 0 Å². The van der Waals surface area contributed by atoms with Crippen LogP contribution in [0.15, 0.2) is 30.3 Å². The fourth-order valence-corrected chi connectivity index (χ4v) is 1.57. The molecule has 1 aromatic rings. The van der Waals surface area contributed by atoms with Gasteiger partial charge in [-0.2, -0.15) is 8.42 Å². The number of hydrogen-bond donors (Lipinski definition) is 0. The monoisotopic (exact) mass is 232 g/mol. The van der Waals surface area contributed by atoms with E-state index in [1.165, 1.54) is 0 Å². The van der Waals surface area contributed by atoms with Crippen molar-refractivity contribution in [3.63, 3.8) is 0 Å². The van der Waals surface area contributed by atoms with Crippen LogP contribution in [0.25, 0.3) is 0 Å². The molecule has 0 radical (unpaired) electrons. The summed E-state index contributed by atoms with van der Waals surface area (Å²) in [5.41, 5.74) is 0.739. The van der Waals surface area contributed by atoms with Crippen LogP contribution in [0, 0.1) is 0 Å². The van der Waals surface area contributed by atoms with E-state index in [9.17, 15) is 12.8 Å². The van der Waals surface area contributed by atoms with Gasteiger partial charge in [0.2, 0.25) is 0 Å². The lowest BCUT2D eigenvalue weighted by Gasteiger charge is -2.12. The highest BCUT2D eigenvalue weighted by atomic mass is 32.2. The molecule has 84 valence electrons. The van der Waals surface area contributed by atoms with Crippen molar-refractivity contribution in [3.8, 4) is 0 Å². The third-order valence-electron chi connectivity index (χ3n) is 1.94. The van der Waals surface area contributed by atoms with Gasteiger partial charge in [-0.25, -0.2) is 0 Å². The molecule has 5 heteroatoms. The first-order chi connectivity index (χ1) is 7.03. The van der Waals surface area contributed by atoms with Gasteiger partial charge in [0.25, 0.3) is 10.1 Å². The molecule has 0 aromatic heterocycles. The zero-order valence-electron chi connectivity index (χ0n) is 8.39. The highest BCUT2D eigenvalue weighted by Gasteiger charge is 2.14. The van der Waals surface area contributed by atoms with Gasteiger partial charge in [0.05, 0.1) is 19.5 Å². The van der Waals surface area contributed by atoms with Crippen LogP contribution in [0.2, 0.25) is 0 Å². The Morgan fingerprint density at radius 3 is 2.40 bits per heavy atom. The zero-order chi connectivity index (χ0) is 11.3. The Bertz CT molecular complexity index is 388. The summed E-state index contributed by atoms with van der Waals surface area (Å²) in [4.78, 5) is 0. The molecule has 1 aromatic carbocycles. The van der Waals surface area contributed by atoms with Crippen LogP contribution in [-0.4, -0.2) is 28.0 Å². The Kier molecular flexibility index (Phi) is 4.23. The molecule has 0 heterocycles. The Morgan fingerprint density at radius 2 is 1.93 bits per heavy atom. The van der Waals surface area contributed by atoms with Gasteiger partial charge in [0, 0.05) is 5.92 Å². The highest BCUT2D eigenvalue weighted by molar-refractivity contribution is 7.85. The van der Waals surface area contributed by atoms with Crippen LogP contribution < -0.4 is 0 Å². The van der Waals surface area contributed by atoms with E-state index in [1.54, 1.807) is 24.3 Å². The van der Waals surface area contributed by atoms with E-state index >= 15 is 0 Å². The first-order valence-electron chi connectivity index (χ1n) is 4.48. The maximum absolute atomic E-state index is 12.6. The molecule has 0 aliphatic carbocycles. The molecule has 0 aliphatic rings. The van der Waals surface area contributed by atoms with Crippen molar-refractivity contribution in [2.75, 3.05) is 19.5 Å². The van der Waals surface area contributed by atoms with Gasteiger partial charge in [0.1, 0.15) is 0 Å². The summed E-state index contributed by atoms with van der Waals surface area (Å²) in [6, 6.07) is 8.86. The number of alkyl halides is 1. The second kappa shape index (κ2) is 5.23. The molecule has 3 nitrogen and oxygen atoms in total. The van der Waals surface area contributed by atoms with Gasteiger partial charge in [-0.1, -0.05) is 30.3 Å². The van der Waals surface area contributed by atoms with E-state index in [0.29, 0.717) is 0 Å². The lowest BCUT2D eigenvalue weighted by atomic mass is 10.0. The molecule has 15 heavy (non-hydrogen) atoms. The molecule has 0 fully saturated rings. The third-order valence-corrected chi connectivity index (χ3v) is 2.50. The van der Waals surface area contributed by atoms with Gasteiger partial charge in [-0.05, 0) is 5.56 Å². The summed E-state index contributed by atoms with van der Waals surface area (Å²) < 4.78 is 38.7. The molecule has 1 rings (SSSR count). The van der Waals surface area contributed by atoms with Crippen LogP contribution in [0.5, 0.6) is 0 Å². The normalized spacial score (nSPS) is 13.7. The topological polar surface area (TPSA) is 43.4 Å². The van der Waals surface area contributed by atoms with Gasteiger partial charge in [-0.3, -0.25) is 8.57 Å². The van der Waals surface area contributed by atoms with E-state index in [-0.39, 0.29) is 6.61 Å². The van der Waals surface area contributed by atoms with E-state index < -0.39 is 22.7 Å². The minimum absolute atomic E-state index is 0.153. The highest BCUT2D eigenvalue weighted by Crippen LogP contribution is 2.16. The summed E-state index contributed by atoms with van der Waals surface area (Å²) in [6.45, 7) is -0.793. The largest absolute Gasteiger partial charge is 0.270 e. The fourth-order valence-electron chi connectivity index (χ4n) is 1.16. The van der Waals surface area contributed by atoms with Crippen molar-refractivity contribution >= 4 is 10.1 Å². The van der Waals surface area contributed by atoms with E-state index in [0.717, 1.165) is 11.8 Å². The average Bonchev–Trinajstić information content (AvgIpc) is 2.19. The minimum Gasteiger partial charge on any atom is -0.270 e. The van der Waals surface area contributed by atoms with E-state index in [4.69, 9.17) is 0 Å². The fraction of sp³-hybridized carbons (Fsp3) is 0.400. The van der Waals surface area contributed by atoms with Gasteiger partial charge in [0.15, 0.2) is 0 Å². The lowest BCUT2D eigenvalue weighted by Crippen LogP contribution is -2.13. The second-order valence-electron chi connectivity index (χ2n) is 3.25. The maximum atomic E-state index is 12.6. The predicted octanol–water partition coefficient (Wildman–Crippen LogP) is 1.72. The minimum atomic E-state index is -3.50. The van der Waals surface area contributed by atoms with Crippen LogP contribution in [0.3, 0.4) is 0 Å². The quantitative estimate of drug-likeness (QED) is 0.726. The Balaban J connectivity index is 2.66. The summed E-state index contributed by atoms with van der Waals surface area (Å²) in [5, 5.41) is 0. The zero-order valence-corrected chi connectivity index (χ0v) is 9.21. The molecule has 0 saturated heterocycles. The van der Waals surface area contributed by atoms with E-state index in [1.807, 2.05) is 6.07 Å². The molecular formula is C10H13FO3S. The van der Waals surface area contributed by atoms with Crippen molar-refractivity contribution in [3.05, 3.63) is 35.9 Å². The maximum Gasteiger partial charge on any atom is 0.264 e. The molecule has 0 bridgehead atoms. The SMILES string of the molecule is CS(=O)(=O)OCC(CF)c1ccccc1. The molecule has 1 atom stereocenters. The van der Waals surface area contributed by atoms with Crippen molar-refractivity contribution in [2.24, 2.45) is 0 Å². The first-order valence-corrected chi connectivity index (χ1v) is 6.30. The van der Waals surface area contributed by atoms with Crippen molar-refractivity contribution in [1.29, 1.82) is 0 Å². The smallest absolute Gasteiger partial charge is 0.264 e. The van der Waals surface area contributed by atoms with Crippen molar-refractivity contribution in [1.82, 2.24) is 0 Å². The molecule has 1 unspecified atom stereocenters. The summed E-state index contributed by atoms with van der Waals surface area (Å²) in [6.07, 6.45) is 0.952. The van der Waals surface area contributed by atoms with E-state index in [2.05, 4.69) is 4.18 Å². The number of benzene rings is 1. The van der Waals surface area contributed by atoms with Gasteiger partial charge < -0.3 is 0 Å². The molecule has 0 aliphatic heterocycles. The number of rotatable bonds is 5. The molecule has 0 N–H and O–H groups in total. The second-order valence-corrected chi connectivity index (χ2v) is 4.89. The Labute approximate surface area is 89.0 Å². The molecule has 0 amide bonds. The molecule has 0 spiro atoms. The van der Waals surface area contributed by atoms with Crippen LogP contribution in [0.1, 0.15) is 11.5 Å². The summed E-state index contributed by atoms with van der Waals surface area (Å²) in [5.74, 6) is -0.527. The predicted molar refractivity (Wildman–Crippen MR) is 56.0 cm³/mol. The molecule has 0 saturated carbocycles. The summed E-state index contributed by atoms with van der Waals surface area (Å²) in [7, 11) is -3.50. The van der Waals surface area contributed by atoms with Crippen LogP contribution in [0.4, 0.5) is 4.39 Å². The lowest BCUT2D eigenvalue weighted by molar-refractivity contribution is 0.267. The standard InChI is InChI=1S/C10H13FO3S/c1-15(12,13)14-8-10(7-11)9-5-3-2-4-6-9/h2-6,10H,7-8H2,1H3. The number of halogens is 1. The first kappa shape index (κ1) is 12.1. The Morgan fingerprint density at radius 1 is 1.33 bits per heavy atom. The molecular weight excluding hydrogens is 219 g/mol. The number of hydrogen-bond acceptors (Lipinski definition) is 3. The summed E-state index contributed by atoms with van der Waals surface area (Å²) >= 11 is 0. The van der Waals surface area contributed by atoms with Crippen LogP contribution >= 0.6 is 0 Å².